The number of carbonyl (C=O) groups excluding carboxylic acids is 2. The highest BCUT2D eigenvalue weighted by Gasteiger charge is 2.45. The molecule has 0 aromatic heterocycles. The minimum Gasteiger partial charge on any atom is -0.507 e. The van der Waals surface area contributed by atoms with Gasteiger partial charge in [-0.2, -0.15) is 0 Å². The number of methoxy groups -OCH3 is 2. The van der Waals surface area contributed by atoms with Gasteiger partial charge in [-0.15, -0.1) is 0 Å². The zero-order valence-corrected chi connectivity index (χ0v) is 18.5. The fourth-order valence-electron chi connectivity index (χ4n) is 3.65. The van der Waals surface area contributed by atoms with Crippen LogP contribution in [0.15, 0.2) is 48.0 Å². The smallest absolute Gasteiger partial charge is 0.295 e. The molecule has 1 heterocycles. The number of hydrogen-bond donors (Lipinski definition) is 1. The van der Waals surface area contributed by atoms with Crippen molar-refractivity contribution in [2.45, 2.75) is 13.0 Å². The van der Waals surface area contributed by atoms with Crippen molar-refractivity contribution in [3.63, 3.8) is 0 Å². The average Bonchev–Trinajstić information content (AvgIpc) is 3.01. The Bertz CT molecular complexity index is 1010. The van der Waals surface area contributed by atoms with Crippen LogP contribution in [0.3, 0.4) is 0 Å². The van der Waals surface area contributed by atoms with Crippen molar-refractivity contribution < 1.29 is 24.2 Å². The number of aliphatic hydroxyl groups is 1. The molecule has 2 aromatic carbocycles. The van der Waals surface area contributed by atoms with E-state index >= 15 is 0 Å². The van der Waals surface area contributed by atoms with Gasteiger partial charge in [-0.3, -0.25) is 9.59 Å². The number of ketones is 1. The number of amides is 1. The van der Waals surface area contributed by atoms with E-state index in [9.17, 15) is 14.7 Å². The first-order valence-electron chi connectivity index (χ1n) is 10.0. The van der Waals surface area contributed by atoms with E-state index in [4.69, 9.17) is 9.47 Å². The predicted octanol–water partition coefficient (Wildman–Crippen LogP) is 3.00. The van der Waals surface area contributed by atoms with E-state index in [1.165, 1.54) is 19.1 Å². The van der Waals surface area contributed by atoms with Crippen LogP contribution in [0, 0.1) is 6.92 Å². The monoisotopic (exact) mass is 424 g/mol. The first-order chi connectivity index (χ1) is 14.8. The van der Waals surface area contributed by atoms with Crippen LogP contribution in [-0.4, -0.2) is 68.0 Å². The summed E-state index contributed by atoms with van der Waals surface area (Å²) in [7, 11) is 6.82. The van der Waals surface area contributed by atoms with Crippen molar-refractivity contribution in [1.29, 1.82) is 0 Å². The highest BCUT2D eigenvalue weighted by Crippen LogP contribution is 2.40. The third-order valence-corrected chi connectivity index (χ3v) is 5.38. The van der Waals surface area contributed by atoms with Gasteiger partial charge in [-0.25, -0.2) is 0 Å². The third-order valence-electron chi connectivity index (χ3n) is 5.38. The number of rotatable bonds is 7. The lowest BCUT2D eigenvalue weighted by molar-refractivity contribution is -0.140. The SMILES string of the molecule is COc1ccc(/C(O)=C2/C(=O)C(=O)N(CCN(C)C)C2c2ccc(C)cc2)cc1OC. The van der Waals surface area contributed by atoms with E-state index in [1.807, 2.05) is 50.2 Å². The minimum atomic E-state index is -0.698. The summed E-state index contributed by atoms with van der Waals surface area (Å²) in [6.45, 7) is 2.92. The van der Waals surface area contributed by atoms with E-state index in [0.29, 0.717) is 30.2 Å². The first-order valence-corrected chi connectivity index (χ1v) is 10.0. The quantitative estimate of drug-likeness (QED) is 0.418. The molecule has 0 aliphatic carbocycles. The summed E-state index contributed by atoms with van der Waals surface area (Å²) < 4.78 is 10.6. The van der Waals surface area contributed by atoms with E-state index in [2.05, 4.69) is 0 Å². The van der Waals surface area contributed by atoms with Crippen LogP contribution < -0.4 is 9.47 Å². The van der Waals surface area contributed by atoms with E-state index in [-0.39, 0.29) is 11.3 Å². The van der Waals surface area contributed by atoms with Gasteiger partial charge < -0.3 is 24.4 Å². The number of ether oxygens (including phenoxy) is 2. The van der Waals surface area contributed by atoms with Gasteiger partial charge in [0.1, 0.15) is 5.76 Å². The summed E-state index contributed by atoms with van der Waals surface area (Å²) in [5, 5.41) is 11.1. The Kier molecular flexibility index (Phi) is 6.65. The Morgan fingerprint density at radius 3 is 2.26 bits per heavy atom. The molecule has 1 aliphatic heterocycles. The van der Waals surface area contributed by atoms with Gasteiger partial charge in [0.15, 0.2) is 11.5 Å². The standard InChI is InChI=1S/C24H28N2O5/c1-15-6-8-16(9-7-15)21-20(23(28)24(29)26(21)13-12-25(2)3)22(27)17-10-11-18(30-4)19(14-17)31-5/h6-11,14,21,27H,12-13H2,1-5H3/b22-20-. The Labute approximate surface area is 182 Å². The molecule has 1 N–H and O–H groups in total. The number of aryl methyl sites for hydroxylation is 1. The molecule has 164 valence electrons. The Balaban J connectivity index is 2.15. The third kappa shape index (κ3) is 4.41. The molecule has 1 atom stereocenters. The Morgan fingerprint density at radius 1 is 1.03 bits per heavy atom. The lowest BCUT2D eigenvalue weighted by Crippen LogP contribution is -2.35. The van der Waals surface area contributed by atoms with Crippen LogP contribution in [-0.2, 0) is 9.59 Å². The van der Waals surface area contributed by atoms with E-state index in [1.54, 1.807) is 18.2 Å². The van der Waals surface area contributed by atoms with Crippen molar-refractivity contribution in [2.24, 2.45) is 0 Å². The average molecular weight is 424 g/mol. The van der Waals surface area contributed by atoms with Crippen LogP contribution in [0.1, 0.15) is 22.7 Å². The highest BCUT2D eigenvalue weighted by atomic mass is 16.5. The van der Waals surface area contributed by atoms with Gasteiger partial charge >= 0.3 is 0 Å². The molecule has 31 heavy (non-hydrogen) atoms. The minimum absolute atomic E-state index is 0.0693. The van der Waals surface area contributed by atoms with Crippen LogP contribution >= 0.6 is 0 Å². The lowest BCUT2D eigenvalue weighted by Gasteiger charge is -2.26. The summed E-state index contributed by atoms with van der Waals surface area (Å²) in [4.78, 5) is 29.4. The second kappa shape index (κ2) is 9.22. The van der Waals surface area contributed by atoms with Crippen molar-refractivity contribution in [3.8, 4) is 11.5 Å². The van der Waals surface area contributed by atoms with Gasteiger partial charge in [-0.05, 0) is 44.8 Å². The molecule has 0 radical (unpaired) electrons. The van der Waals surface area contributed by atoms with Gasteiger partial charge in [0.25, 0.3) is 11.7 Å². The zero-order chi connectivity index (χ0) is 22.7. The number of likely N-dealkylation sites (N-methyl/N-ethyl adjacent to an activating group) is 1. The maximum atomic E-state index is 13.0. The van der Waals surface area contributed by atoms with Gasteiger partial charge in [-0.1, -0.05) is 29.8 Å². The molecule has 0 bridgehead atoms. The Morgan fingerprint density at radius 2 is 1.68 bits per heavy atom. The fourth-order valence-corrected chi connectivity index (χ4v) is 3.65. The van der Waals surface area contributed by atoms with Crippen molar-refractivity contribution >= 4 is 17.4 Å². The van der Waals surface area contributed by atoms with E-state index < -0.39 is 17.7 Å². The van der Waals surface area contributed by atoms with Crippen molar-refractivity contribution in [1.82, 2.24) is 9.80 Å². The summed E-state index contributed by atoms with van der Waals surface area (Å²) in [5.74, 6) is -0.635. The topological polar surface area (TPSA) is 79.3 Å². The number of Topliss-reactive ketones (excluding diaryl/α,β-unsaturated/α-hetero) is 1. The van der Waals surface area contributed by atoms with E-state index in [0.717, 1.165) is 11.1 Å². The number of nitrogens with zero attached hydrogens (tertiary/aromatic N) is 2. The molecular formula is C24H28N2O5. The summed E-state index contributed by atoms with van der Waals surface area (Å²) >= 11 is 0. The second-order valence-electron chi connectivity index (χ2n) is 7.78. The molecule has 7 heteroatoms. The highest BCUT2D eigenvalue weighted by molar-refractivity contribution is 6.46. The number of hydrogen-bond acceptors (Lipinski definition) is 6. The van der Waals surface area contributed by atoms with Crippen LogP contribution in [0.2, 0.25) is 0 Å². The molecule has 0 saturated carbocycles. The summed E-state index contributed by atoms with van der Waals surface area (Å²) in [6.07, 6.45) is 0. The van der Waals surface area contributed by atoms with Crippen LogP contribution in [0.25, 0.3) is 5.76 Å². The Hall–Kier alpha value is -3.32. The molecule has 2 aromatic rings. The van der Waals surface area contributed by atoms with Gasteiger partial charge in [0.2, 0.25) is 0 Å². The summed E-state index contributed by atoms with van der Waals surface area (Å²) in [6, 6.07) is 11.8. The maximum Gasteiger partial charge on any atom is 0.295 e. The van der Waals surface area contributed by atoms with Gasteiger partial charge in [0, 0.05) is 18.7 Å². The van der Waals surface area contributed by atoms with Crippen LogP contribution in [0.5, 0.6) is 11.5 Å². The molecule has 1 amide bonds. The fraction of sp³-hybridized carbons (Fsp3) is 0.333. The van der Waals surface area contributed by atoms with Crippen molar-refractivity contribution in [2.75, 3.05) is 41.4 Å². The number of aliphatic hydroxyl groups excluding tert-OH is 1. The predicted molar refractivity (Wildman–Crippen MR) is 118 cm³/mol. The lowest BCUT2D eigenvalue weighted by atomic mass is 9.94. The number of benzene rings is 2. The zero-order valence-electron chi connectivity index (χ0n) is 18.5. The molecule has 1 aliphatic rings. The summed E-state index contributed by atoms with van der Waals surface area (Å²) in [5.41, 5.74) is 2.28. The van der Waals surface area contributed by atoms with Crippen molar-refractivity contribution in [3.05, 3.63) is 64.7 Å². The molecule has 1 fully saturated rings. The molecule has 7 nitrogen and oxygen atoms in total. The maximum absolute atomic E-state index is 13.0. The van der Waals surface area contributed by atoms with Gasteiger partial charge in [0.05, 0.1) is 25.8 Å². The molecule has 0 spiro atoms. The number of likely N-dealkylation sites (tertiary alicyclic amines) is 1. The second-order valence-corrected chi connectivity index (χ2v) is 7.78. The normalized spacial score (nSPS) is 18.0. The number of carbonyl (C=O) groups is 2. The molecular weight excluding hydrogens is 396 g/mol. The molecule has 1 unspecified atom stereocenters. The molecule has 1 saturated heterocycles. The first kappa shape index (κ1) is 22.4. The molecule has 3 rings (SSSR count). The largest absolute Gasteiger partial charge is 0.507 e. The van der Waals surface area contributed by atoms with Crippen LogP contribution in [0.4, 0.5) is 0 Å².